The summed E-state index contributed by atoms with van der Waals surface area (Å²) in [5.41, 5.74) is 1.28. The highest BCUT2D eigenvalue weighted by atomic mass is 16.3. The van der Waals surface area contributed by atoms with Crippen molar-refractivity contribution < 1.29 is 5.11 Å². The van der Waals surface area contributed by atoms with Crippen LogP contribution in [0.15, 0.2) is 24.5 Å². The summed E-state index contributed by atoms with van der Waals surface area (Å²) in [6, 6.07) is 4.43. The molecule has 0 radical (unpaired) electrons. The van der Waals surface area contributed by atoms with E-state index in [0.29, 0.717) is 6.04 Å². The van der Waals surface area contributed by atoms with Gasteiger partial charge in [0.2, 0.25) is 0 Å². The summed E-state index contributed by atoms with van der Waals surface area (Å²) >= 11 is 0. The van der Waals surface area contributed by atoms with E-state index in [2.05, 4.69) is 9.88 Å². The van der Waals surface area contributed by atoms with Gasteiger partial charge in [0.1, 0.15) is 0 Å². The van der Waals surface area contributed by atoms with Crippen molar-refractivity contribution in [2.45, 2.75) is 25.4 Å². The van der Waals surface area contributed by atoms with Gasteiger partial charge < -0.3 is 5.11 Å². The summed E-state index contributed by atoms with van der Waals surface area (Å²) in [6.07, 6.45) is 5.97. The van der Waals surface area contributed by atoms with Gasteiger partial charge in [0.15, 0.2) is 0 Å². The first-order valence-electron chi connectivity index (χ1n) is 5.14. The fourth-order valence-corrected chi connectivity index (χ4v) is 2.03. The van der Waals surface area contributed by atoms with Gasteiger partial charge in [-0.05, 0) is 37.1 Å². The van der Waals surface area contributed by atoms with Gasteiger partial charge >= 0.3 is 0 Å². The third kappa shape index (κ3) is 2.11. The second-order valence-corrected chi connectivity index (χ2v) is 3.80. The maximum atomic E-state index is 9.16. The van der Waals surface area contributed by atoms with Crippen molar-refractivity contribution in [3.05, 3.63) is 30.1 Å². The lowest BCUT2D eigenvalue weighted by Crippen LogP contribution is -2.31. The van der Waals surface area contributed by atoms with Crippen molar-refractivity contribution in [2.24, 2.45) is 0 Å². The Kier molecular flexibility index (Phi) is 3.11. The summed E-state index contributed by atoms with van der Waals surface area (Å²) in [6.45, 7) is 2.33. The number of rotatable bonds is 3. The SMILES string of the molecule is OC[C@@H]1CCCN1Cc1ccncc1. The molecule has 2 rings (SSSR count). The van der Waals surface area contributed by atoms with Crippen LogP contribution in [0.25, 0.3) is 0 Å². The number of hydrogen-bond acceptors (Lipinski definition) is 3. The van der Waals surface area contributed by atoms with Crippen molar-refractivity contribution in [3.63, 3.8) is 0 Å². The lowest BCUT2D eigenvalue weighted by molar-refractivity contribution is 0.153. The van der Waals surface area contributed by atoms with E-state index < -0.39 is 0 Å². The van der Waals surface area contributed by atoms with Crippen molar-refractivity contribution in [2.75, 3.05) is 13.2 Å². The van der Waals surface area contributed by atoms with Gasteiger partial charge in [-0.3, -0.25) is 9.88 Å². The predicted molar refractivity (Wildman–Crippen MR) is 54.8 cm³/mol. The molecule has 14 heavy (non-hydrogen) atoms. The number of aromatic nitrogens is 1. The first-order chi connectivity index (χ1) is 6.90. The maximum Gasteiger partial charge on any atom is 0.0587 e. The molecular weight excluding hydrogens is 176 g/mol. The molecule has 0 amide bonds. The zero-order chi connectivity index (χ0) is 9.80. The number of hydrogen-bond donors (Lipinski definition) is 1. The van der Waals surface area contributed by atoms with Crippen LogP contribution in [0.3, 0.4) is 0 Å². The van der Waals surface area contributed by atoms with E-state index in [1.807, 2.05) is 24.5 Å². The van der Waals surface area contributed by atoms with Gasteiger partial charge in [0, 0.05) is 25.0 Å². The van der Waals surface area contributed by atoms with Gasteiger partial charge in [-0.1, -0.05) is 0 Å². The van der Waals surface area contributed by atoms with E-state index in [1.54, 1.807) is 0 Å². The number of aliphatic hydroxyl groups excluding tert-OH is 1. The third-order valence-corrected chi connectivity index (χ3v) is 2.84. The molecule has 0 bridgehead atoms. The van der Waals surface area contributed by atoms with Gasteiger partial charge in [-0.15, -0.1) is 0 Å². The van der Waals surface area contributed by atoms with Crippen LogP contribution in [0.1, 0.15) is 18.4 Å². The summed E-state index contributed by atoms with van der Waals surface area (Å²) in [5, 5.41) is 9.16. The molecule has 1 N–H and O–H groups in total. The largest absolute Gasteiger partial charge is 0.395 e. The number of pyridine rings is 1. The van der Waals surface area contributed by atoms with Gasteiger partial charge in [0.25, 0.3) is 0 Å². The molecule has 2 heterocycles. The smallest absolute Gasteiger partial charge is 0.0587 e. The molecule has 1 atom stereocenters. The third-order valence-electron chi connectivity index (χ3n) is 2.84. The van der Waals surface area contributed by atoms with E-state index in [-0.39, 0.29) is 6.61 Å². The summed E-state index contributed by atoms with van der Waals surface area (Å²) in [7, 11) is 0. The number of aliphatic hydroxyl groups is 1. The first-order valence-corrected chi connectivity index (χ1v) is 5.14. The Hall–Kier alpha value is -0.930. The van der Waals surface area contributed by atoms with Crippen LogP contribution in [0.2, 0.25) is 0 Å². The van der Waals surface area contributed by atoms with Crippen LogP contribution < -0.4 is 0 Å². The average Bonchev–Trinajstić information content (AvgIpc) is 2.67. The van der Waals surface area contributed by atoms with E-state index in [9.17, 15) is 0 Å². The van der Waals surface area contributed by atoms with Crippen LogP contribution in [0.4, 0.5) is 0 Å². The predicted octanol–water partition coefficient (Wildman–Crippen LogP) is 1.04. The van der Waals surface area contributed by atoms with Crippen molar-refractivity contribution in [1.82, 2.24) is 9.88 Å². The number of nitrogens with zero attached hydrogens (tertiary/aromatic N) is 2. The Morgan fingerprint density at radius 1 is 1.43 bits per heavy atom. The zero-order valence-electron chi connectivity index (χ0n) is 8.26. The van der Waals surface area contributed by atoms with Gasteiger partial charge in [-0.2, -0.15) is 0 Å². The summed E-state index contributed by atoms with van der Waals surface area (Å²) < 4.78 is 0. The highest BCUT2D eigenvalue weighted by Gasteiger charge is 2.23. The standard InChI is InChI=1S/C11H16N2O/c14-9-11-2-1-7-13(11)8-10-3-5-12-6-4-10/h3-6,11,14H,1-2,7-9H2/t11-/m0/s1. The Morgan fingerprint density at radius 2 is 2.21 bits per heavy atom. The van der Waals surface area contributed by atoms with E-state index in [1.165, 1.54) is 12.0 Å². The molecule has 0 unspecified atom stereocenters. The second kappa shape index (κ2) is 4.53. The molecule has 0 spiro atoms. The molecule has 1 aliphatic heterocycles. The Balaban J connectivity index is 1.97. The highest BCUT2D eigenvalue weighted by molar-refractivity contribution is 5.09. The molecule has 3 nitrogen and oxygen atoms in total. The fourth-order valence-electron chi connectivity index (χ4n) is 2.03. The lowest BCUT2D eigenvalue weighted by Gasteiger charge is -2.22. The minimum absolute atomic E-state index is 0.283. The van der Waals surface area contributed by atoms with Crippen LogP contribution in [-0.2, 0) is 6.54 Å². The van der Waals surface area contributed by atoms with E-state index in [4.69, 9.17) is 5.11 Å². The minimum Gasteiger partial charge on any atom is -0.395 e. The molecule has 1 aromatic heterocycles. The van der Waals surface area contributed by atoms with Crippen molar-refractivity contribution >= 4 is 0 Å². The van der Waals surface area contributed by atoms with Crippen LogP contribution in [0.5, 0.6) is 0 Å². The van der Waals surface area contributed by atoms with Crippen LogP contribution in [-0.4, -0.2) is 34.2 Å². The molecule has 0 aliphatic carbocycles. The molecule has 0 aromatic carbocycles. The van der Waals surface area contributed by atoms with E-state index in [0.717, 1.165) is 19.5 Å². The molecular formula is C11H16N2O. The zero-order valence-corrected chi connectivity index (χ0v) is 8.26. The normalized spacial score (nSPS) is 22.8. The highest BCUT2D eigenvalue weighted by Crippen LogP contribution is 2.18. The monoisotopic (exact) mass is 192 g/mol. The van der Waals surface area contributed by atoms with Gasteiger partial charge in [-0.25, -0.2) is 0 Å². The Morgan fingerprint density at radius 3 is 2.93 bits per heavy atom. The topological polar surface area (TPSA) is 36.4 Å². The molecule has 1 fully saturated rings. The van der Waals surface area contributed by atoms with Crippen LogP contribution >= 0.6 is 0 Å². The summed E-state index contributed by atoms with van der Waals surface area (Å²) in [4.78, 5) is 6.33. The quantitative estimate of drug-likeness (QED) is 0.777. The Labute approximate surface area is 84.4 Å². The minimum atomic E-state index is 0.283. The maximum absolute atomic E-state index is 9.16. The second-order valence-electron chi connectivity index (χ2n) is 3.80. The summed E-state index contributed by atoms with van der Waals surface area (Å²) in [5.74, 6) is 0. The average molecular weight is 192 g/mol. The first kappa shape index (κ1) is 9.62. The van der Waals surface area contributed by atoms with E-state index >= 15 is 0 Å². The fraction of sp³-hybridized carbons (Fsp3) is 0.545. The molecule has 1 aliphatic rings. The van der Waals surface area contributed by atoms with Crippen LogP contribution in [0, 0.1) is 0 Å². The molecule has 76 valence electrons. The molecule has 3 heteroatoms. The van der Waals surface area contributed by atoms with Gasteiger partial charge in [0.05, 0.1) is 6.61 Å². The van der Waals surface area contributed by atoms with Crippen molar-refractivity contribution in [3.8, 4) is 0 Å². The van der Waals surface area contributed by atoms with Crippen molar-refractivity contribution in [1.29, 1.82) is 0 Å². The molecule has 1 aromatic rings. The Bertz CT molecular complexity index is 276. The molecule has 1 saturated heterocycles. The lowest BCUT2D eigenvalue weighted by atomic mass is 10.2. The molecule has 0 saturated carbocycles. The number of likely N-dealkylation sites (tertiary alicyclic amines) is 1.